The van der Waals surface area contributed by atoms with Crippen molar-refractivity contribution in [2.75, 3.05) is 46.0 Å². The van der Waals surface area contributed by atoms with Gasteiger partial charge in [0.1, 0.15) is 12.4 Å². The molecule has 0 atom stereocenters. The van der Waals surface area contributed by atoms with Crippen molar-refractivity contribution in [1.82, 2.24) is 4.90 Å². The molecule has 1 saturated heterocycles. The molecule has 22 heavy (non-hydrogen) atoms. The van der Waals surface area contributed by atoms with Crippen molar-refractivity contribution in [2.24, 2.45) is 5.73 Å². The van der Waals surface area contributed by atoms with E-state index in [1.807, 2.05) is 0 Å². The lowest BCUT2D eigenvalue weighted by Gasteiger charge is -2.26. The van der Waals surface area contributed by atoms with Gasteiger partial charge in [0.05, 0.1) is 13.2 Å². The highest BCUT2D eigenvalue weighted by atomic mass is 16.5. The van der Waals surface area contributed by atoms with Crippen LogP contribution in [-0.2, 0) is 11.2 Å². The van der Waals surface area contributed by atoms with Crippen LogP contribution in [0.1, 0.15) is 5.56 Å². The van der Waals surface area contributed by atoms with E-state index in [1.54, 1.807) is 0 Å². The highest BCUT2D eigenvalue weighted by Crippen LogP contribution is 2.28. The maximum Gasteiger partial charge on any atom is 0.123 e. The number of hydrogen-bond acceptors (Lipinski definition) is 4. The second kappa shape index (κ2) is 7.58. The quantitative estimate of drug-likeness (QED) is 0.887. The van der Waals surface area contributed by atoms with Crippen molar-refractivity contribution < 1.29 is 9.47 Å². The third kappa shape index (κ3) is 3.58. The molecule has 3 rings (SSSR count). The molecular formula is C18H24N2O2. The molecule has 2 N–H and O–H groups in total. The van der Waals surface area contributed by atoms with Gasteiger partial charge in [-0.3, -0.25) is 4.90 Å². The molecule has 118 valence electrons. The summed E-state index contributed by atoms with van der Waals surface area (Å²) in [5.41, 5.74) is 7.01. The Hall–Kier alpha value is -1.62. The molecule has 0 aromatic heterocycles. The highest BCUT2D eigenvalue weighted by molar-refractivity contribution is 5.87. The van der Waals surface area contributed by atoms with Crippen LogP contribution in [-0.4, -0.2) is 50.9 Å². The van der Waals surface area contributed by atoms with Crippen LogP contribution >= 0.6 is 0 Å². The van der Waals surface area contributed by atoms with Crippen molar-refractivity contribution >= 4 is 10.8 Å². The van der Waals surface area contributed by atoms with E-state index in [-0.39, 0.29) is 0 Å². The monoisotopic (exact) mass is 300 g/mol. The lowest BCUT2D eigenvalue weighted by atomic mass is 10.0. The largest absolute Gasteiger partial charge is 0.492 e. The lowest BCUT2D eigenvalue weighted by Crippen LogP contribution is -2.38. The average molecular weight is 300 g/mol. The zero-order valence-electron chi connectivity index (χ0n) is 13.0. The predicted molar refractivity (Wildman–Crippen MR) is 89.5 cm³/mol. The average Bonchev–Trinajstić information content (AvgIpc) is 2.58. The Labute approximate surface area is 131 Å². The maximum absolute atomic E-state index is 6.06. The van der Waals surface area contributed by atoms with E-state index in [1.165, 1.54) is 16.3 Å². The summed E-state index contributed by atoms with van der Waals surface area (Å²) in [6.07, 6.45) is 0.842. The van der Waals surface area contributed by atoms with E-state index in [0.29, 0.717) is 13.2 Å². The van der Waals surface area contributed by atoms with Gasteiger partial charge in [-0.2, -0.15) is 0 Å². The third-order valence-electron chi connectivity index (χ3n) is 4.16. The normalized spacial score (nSPS) is 16.0. The van der Waals surface area contributed by atoms with Crippen LogP contribution in [0.25, 0.3) is 10.8 Å². The molecule has 1 heterocycles. The minimum Gasteiger partial charge on any atom is -0.492 e. The molecule has 0 saturated carbocycles. The highest BCUT2D eigenvalue weighted by Gasteiger charge is 2.11. The number of benzene rings is 2. The molecule has 0 bridgehead atoms. The van der Waals surface area contributed by atoms with E-state index in [9.17, 15) is 0 Å². The third-order valence-corrected chi connectivity index (χ3v) is 4.16. The first-order valence-corrected chi connectivity index (χ1v) is 8.02. The van der Waals surface area contributed by atoms with Crippen LogP contribution in [0.3, 0.4) is 0 Å². The van der Waals surface area contributed by atoms with Crippen LogP contribution < -0.4 is 10.5 Å². The van der Waals surface area contributed by atoms with Gasteiger partial charge in [-0.05, 0) is 29.8 Å². The van der Waals surface area contributed by atoms with Gasteiger partial charge in [0.2, 0.25) is 0 Å². The predicted octanol–water partition coefficient (Wildman–Crippen LogP) is 2.05. The summed E-state index contributed by atoms with van der Waals surface area (Å²) in [5, 5.41) is 2.49. The van der Waals surface area contributed by atoms with Gasteiger partial charge < -0.3 is 15.2 Å². The zero-order valence-corrected chi connectivity index (χ0v) is 13.0. The van der Waals surface area contributed by atoms with Crippen molar-refractivity contribution in [3.8, 4) is 5.75 Å². The summed E-state index contributed by atoms with van der Waals surface area (Å²) in [7, 11) is 0. The van der Waals surface area contributed by atoms with Crippen molar-refractivity contribution in [3.05, 3.63) is 42.0 Å². The van der Waals surface area contributed by atoms with Gasteiger partial charge in [0.25, 0.3) is 0 Å². The van der Waals surface area contributed by atoms with E-state index in [0.717, 1.165) is 45.0 Å². The molecular weight excluding hydrogens is 276 g/mol. The fourth-order valence-corrected chi connectivity index (χ4v) is 2.96. The van der Waals surface area contributed by atoms with E-state index in [4.69, 9.17) is 15.2 Å². The fourth-order valence-electron chi connectivity index (χ4n) is 2.96. The van der Waals surface area contributed by atoms with Crippen LogP contribution in [0.4, 0.5) is 0 Å². The molecule has 1 aliphatic heterocycles. The minimum atomic E-state index is 0.633. The molecule has 2 aromatic carbocycles. The first-order chi connectivity index (χ1) is 10.9. The Kier molecular flexibility index (Phi) is 5.27. The zero-order chi connectivity index (χ0) is 15.2. The van der Waals surface area contributed by atoms with Gasteiger partial charge in [0.15, 0.2) is 0 Å². The second-order valence-corrected chi connectivity index (χ2v) is 5.60. The minimum absolute atomic E-state index is 0.633. The molecule has 0 amide bonds. The number of nitrogens with zero attached hydrogens (tertiary/aromatic N) is 1. The van der Waals surface area contributed by atoms with E-state index in [2.05, 4.69) is 41.3 Å². The van der Waals surface area contributed by atoms with Crippen molar-refractivity contribution in [1.29, 1.82) is 0 Å². The van der Waals surface area contributed by atoms with Crippen LogP contribution in [0.5, 0.6) is 5.75 Å². The molecule has 0 radical (unpaired) electrons. The first-order valence-electron chi connectivity index (χ1n) is 8.02. The smallest absolute Gasteiger partial charge is 0.123 e. The molecule has 1 fully saturated rings. The molecule has 0 spiro atoms. The Morgan fingerprint density at radius 1 is 1.09 bits per heavy atom. The van der Waals surface area contributed by atoms with Gasteiger partial charge in [-0.1, -0.05) is 30.3 Å². The number of fused-ring (bicyclic) bond motifs is 1. The first kappa shape index (κ1) is 15.3. The Balaban J connectivity index is 1.70. The summed E-state index contributed by atoms with van der Waals surface area (Å²) < 4.78 is 11.4. The van der Waals surface area contributed by atoms with Crippen molar-refractivity contribution in [2.45, 2.75) is 6.42 Å². The maximum atomic E-state index is 6.06. The van der Waals surface area contributed by atoms with Gasteiger partial charge in [-0.25, -0.2) is 0 Å². The summed E-state index contributed by atoms with van der Waals surface area (Å²) >= 11 is 0. The molecule has 0 unspecified atom stereocenters. The number of morpholine rings is 1. The van der Waals surface area contributed by atoms with Crippen LogP contribution in [0, 0.1) is 0 Å². The molecule has 4 nitrogen and oxygen atoms in total. The number of ether oxygens (including phenoxy) is 2. The fraction of sp³-hybridized carbons (Fsp3) is 0.444. The Bertz CT molecular complexity index is 609. The second-order valence-electron chi connectivity index (χ2n) is 5.60. The van der Waals surface area contributed by atoms with Crippen LogP contribution in [0.2, 0.25) is 0 Å². The van der Waals surface area contributed by atoms with E-state index < -0.39 is 0 Å². The summed E-state index contributed by atoms with van der Waals surface area (Å²) in [5.74, 6) is 0.970. The summed E-state index contributed by atoms with van der Waals surface area (Å²) in [6, 6.07) is 12.6. The number of hydrogen-bond donors (Lipinski definition) is 1. The van der Waals surface area contributed by atoms with Crippen molar-refractivity contribution in [3.63, 3.8) is 0 Å². The molecule has 4 heteroatoms. The van der Waals surface area contributed by atoms with Gasteiger partial charge in [0, 0.05) is 25.2 Å². The summed E-state index contributed by atoms with van der Waals surface area (Å²) in [6.45, 7) is 5.93. The van der Waals surface area contributed by atoms with E-state index >= 15 is 0 Å². The standard InChI is InChI=1S/C18H24N2O2/c19-8-7-17-16-4-2-1-3-15(16)5-6-18(17)22-14-11-20-9-12-21-13-10-20/h1-6H,7-14,19H2. The van der Waals surface area contributed by atoms with Gasteiger partial charge >= 0.3 is 0 Å². The topological polar surface area (TPSA) is 47.7 Å². The van der Waals surface area contributed by atoms with Crippen LogP contribution in [0.15, 0.2) is 36.4 Å². The number of nitrogens with two attached hydrogens (primary N) is 1. The molecule has 1 aliphatic rings. The molecule has 0 aliphatic carbocycles. The Morgan fingerprint density at radius 2 is 1.91 bits per heavy atom. The van der Waals surface area contributed by atoms with Gasteiger partial charge in [-0.15, -0.1) is 0 Å². The molecule has 2 aromatic rings. The summed E-state index contributed by atoms with van der Waals surface area (Å²) in [4.78, 5) is 2.38. The SMILES string of the molecule is NCCc1c(OCCN2CCOCC2)ccc2ccccc12. The Morgan fingerprint density at radius 3 is 2.73 bits per heavy atom. The number of rotatable bonds is 6. The lowest BCUT2D eigenvalue weighted by molar-refractivity contribution is 0.0322.